The topological polar surface area (TPSA) is 127 Å². The molecule has 8 heteroatoms. The summed E-state index contributed by atoms with van der Waals surface area (Å²) in [7, 11) is 0. The normalized spacial score (nSPS) is 10.5. The van der Waals surface area contributed by atoms with Crippen molar-refractivity contribution in [1.82, 2.24) is 0 Å². The van der Waals surface area contributed by atoms with Crippen molar-refractivity contribution >= 4 is 23.9 Å². The fourth-order valence-electron chi connectivity index (χ4n) is 0.822. The molecule has 22 heavy (non-hydrogen) atoms. The SMILES string of the molecule is CC(C)OC(=O)/C=C\C(=O)O.CC(C)OC(=O)/C=C\C(=O)O. The lowest BCUT2D eigenvalue weighted by atomic mass is 10.4. The van der Waals surface area contributed by atoms with E-state index in [4.69, 9.17) is 10.2 Å². The second kappa shape index (κ2) is 12.1. The van der Waals surface area contributed by atoms with Crippen LogP contribution in [-0.4, -0.2) is 46.3 Å². The number of carbonyl (C=O) groups excluding carboxylic acids is 2. The highest BCUT2D eigenvalue weighted by atomic mass is 16.5. The lowest BCUT2D eigenvalue weighted by Crippen LogP contribution is -2.08. The Labute approximate surface area is 128 Å². The summed E-state index contributed by atoms with van der Waals surface area (Å²) in [6.07, 6.45) is 2.79. The molecule has 0 saturated heterocycles. The Morgan fingerprint density at radius 1 is 0.682 bits per heavy atom. The van der Waals surface area contributed by atoms with E-state index in [1.165, 1.54) is 0 Å². The Morgan fingerprint density at radius 3 is 1.14 bits per heavy atom. The van der Waals surface area contributed by atoms with Gasteiger partial charge in [0.1, 0.15) is 0 Å². The Bertz CT molecular complexity index is 404. The molecular weight excluding hydrogens is 296 g/mol. The minimum atomic E-state index is -1.16. The monoisotopic (exact) mass is 316 g/mol. The van der Waals surface area contributed by atoms with Gasteiger partial charge in [0.15, 0.2) is 0 Å². The van der Waals surface area contributed by atoms with Crippen LogP contribution >= 0.6 is 0 Å². The molecule has 0 rings (SSSR count). The van der Waals surface area contributed by atoms with Crippen molar-refractivity contribution in [3.63, 3.8) is 0 Å². The van der Waals surface area contributed by atoms with Crippen molar-refractivity contribution in [2.75, 3.05) is 0 Å². The lowest BCUT2D eigenvalue weighted by Gasteiger charge is -2.02. The molecule has 0 aliphatic rings. The zero-order valence-electron chi connectivity index (χ0n) is 12.8. The minimum absolute atomic E-state index is 0.221. The zero-order chi connectivity index (χ0) is 17.7. The summed E-state index contributed by atoms with van der Waals surface area (Å²) in [4.78, 5) is 41.0. The molecule has 2 N–H and O–H groups in total. The largest absolute Gasteiger partial charge is 0.478 e. The van der Waals surface area contributed by atoms with E-state index in [-0.39, 0.29) is 12.2 Å². The van der Waals surface area contributed by atoms with Gasteiger partial charge in [0, 0.05) is 24.3 Å². The number of hydrogen-bond acceptors (Lipinski definition) is 6. The summed E-state index contributed by atoms with van der Waals surface area (Å²) in [5, 5.41) is 16.2. The van der Waals surface area contributed by atoms with E-state index in [0.717, 1.165) is 24.3 Å². The van der Waals surface area contributed by atoms with E-state index in [0.29, 0.717) is 0 Å². The average Bonchev–Trinajstić information content (AvgIpc) is 2.33. The van der Waals surface area contributed by atoms with Crippen molar-refractivity contribution < 1.29 is 38.9 Å². The molecule has 0 aliphatic heterocycles. The van der Waals surface area contributed by atoms with Crippen molar-refractivity contribution in [3.8, 4) is 0 Å². The highest BCUT2D eigenvalue weighted by Crippen LogP contribution is 1.90. The van der Waals surface area contributed by atoms with Crippen LogP contribution in [0.4, 0.5) is 0 Å². The predicted octanol–water partition coefficient (Wildman–Crippen LogP) is 1.16. The number of hydrogen-bond donors (Lipinski definition) is 2. The van der Waals surface area contributed by atoms with Crippen LogP contribution < -0.4 is 0 Å². The third kappa shape index (κ3) is 19.7. The van der Waals surface area contributed by atoms with Gasteiger partial charge >= 0.3 is 23.9 Å². The van der Waals surface area contributed by atoms with Crippen LogP contribution in [0.25, 0.3) is 0 Å². The molecule has 0 unspecified atom stereocenters. The number of carboxylic acid groups (broad SMARTS) is 2. The van der Waals surface area contributed by atoms with Gasteiger partial charge in [-0.3, -0.25) is 0 Å². The minimum Gasteiger partial charge on any atom is -0.478 e. The third-order valence-corrected chi connectivity index (χ3v) is 1.43. The van der Waals surface area contributed by atoms with Gasteiger partial charge in [-0.05, 0) is 27.7 Å². The first-order valence-electron chi connectivity index (χ1n) is 6.27. The van der Waals surface area contributed by atoms with E-state index in [2.05, 4.69) is 9.47 Å². The van der Waals surface area contributed by atoms with Crippen molar-refractivity contribution in [2.24, 2.45) is 0 Å². The third-order valence-electron chi connectivity index (χ3n) is 1.43. The predicted molar refractivity (Wildman–Crippen MR) is 76.0 cm³/mol. The molecule has 0 saturated carbocycles. The molecule has 0 atom stereocenters. The summed E-state index contributed by atoms with van der Waals surface area (Å²) < 4.78 is 9.22. The molecule has 0 radical (unpaired) electrons. The Hall–Kier alpha value is -2.64. The highest BCUT2D eigenvalue weighted by molar-refractivity contribution is 5.91. The van der Waals surface area contributed by atoms with E-state index >= 15 is 0 Å². The maximum Gasteiger partial charge on any atom is 0.331 e. The number of esters is 2. The fourth-order valence-corrected chi connectivity index (χ4v) is 0.822. The second-order valence-corrected chi connectivity index (χ2v) is 4.31. The van der Waals surface area contributed by atoms with Crippen LogP contribution in [0.15, 0.2) is 24.3 Å². The van der Waals surface area contributed by atoms with Gasteiger partial charge in [-0.2, -0.15) is 0 Å². The number of aliphatic carboxylic acids is 2. The molecule has 0 aromatic rings. The smallest absolute Gasteiger partial charge is 0.331 e. The van der Waals surface area contributed by atoms with Crippen molar-refractivity contribution in [3.05, 3.63) is 24.3 Å². The first-order valence-corrected chi connectivity index (χ1v) is 6.27. The molecule has 0 bridgehead atoms. The van der Waals surface area contributed by atoms with Gasteiger partial charge < -0.3 is 19.7 Å². The summed E-state index contributed by atoms with van der Waals surface area (Å²) in [5.41, 5.74) is 0. The Morgan fingerprint density at radius 2 is 0.955 bits per heavy atom. The summed E-state index contributed by atoms with van der Waals surface area (Å²) in [5.74, 6) is -3.60. The Kier molecular flexibility index (Phi) is 11.9. The van der Waals surface area contributed by atoms with Gasteiger partial charge in [0.2, 0.25) is 0 Å². The van der Waals surface area contributed by atoms with Crippen molar-refractivity contribution in [2.45, 2.75) is 39.9 Å². The van der Waals surface area contributed by atoms with Gasteiger partial charge in [-0.1, -0.05) is 0 Å². The standard InChI is InChI=1S/2C7H10O4/c2*1-5(2)11-7(10)4-3-6(8)9/h2*3-5H,1-2H3,(H,8,9)/b2*4-3-. The number of carboxylic acids is 2. The number of ether oxygens (including phenoxy) is 2. The number of carbonyl (C=O) groups is 4. The molecule has 0 fully saturated rings. The Balaban J connectivity index is 0. The second-order valence-electron chi connectivity index (χ2n) is 4.31. The van der Waals surface area contributed by atoms with Crippen LogP contribution in [0.3, 0.4) is 0 Å². The maximum absolute atomic E-state index is 10.6. The quantitative estimate of drug-likeness (QED) is 0.552. The van der Waals surface area contributed by atoms with E-state index in [9.17, 15) is 19.2 Å². The summed E-state index contributed by atoms with van der Waals surface area (Å²) in [6.45, 7) is 6.75. The fraction of sp³-hybridized carbons (Fsp3) is 0.429. The molecule has 0 aromatic heterocycles. The van der Waals surface area contributed by atoms with Crippen molar-refractivity contribution in [1.29, 1.82) is 0 Å². The molecule has 0 aromatic carbocycles. The van der Waals surface area contributed by atoms with Crippen LogP contribution in [0.5, 0.6) is 0 Å². The molecule has 124 valence electrons. The van der Waals surface area contributed by atoms with Crippen LogP contribution in [-0.2, 0) is 28.7 Å². The van der Waals surface area contributed by atoms with E-state index in [1.54, 1.807) is 27.7 Å². The first-order chi connectivity index (χ1) is 10.0. The van der Waals surface area contributed by atoms with Gasteiger partial charge in [0.05, 0.1) is 12.2 Å². The van der Waals surface area contributed by atoms with Crippen LogP contribution in [0, 0.1) is 0 Å². The van der Waals surface area contributed by atoms with Crippen LogP contribution in [0.2, 0.25) is 0 Å². The summed E-state index contributed by atoms with van der Waals surface area (Å²) >= 11 is 0. The molecular formula is C14H20O8. The van der Waals surface area contributed by atoms with E-state index in [1.807, 2.05) is 0 Å². The highest BCUT2D eigenvalue weighted by Gasteiger charge is 2.00. The molecule has 8 nitrogen and oxygen atoms in total. The number of rotatable bonds is 6. The molecule has 0 aliphatic carbocycles. The van der Waals surface area contributed by atoms with Crippen LogP contribution in [0.1, 0.15) is 27.7 Å². The summed E-state index contributed by atoms with van der Waals surface area (Å²) in [6, 6.07) is 0. The maximum atomic E-state index is 10.6. The molecule has 0 spiro atoms. The van der Waals surface area contributed by atoms with Gasteiger partial charge in [-0.25, -0.2) is 19.2 Å². The zero-order valence-corrected chi connectivity index (χ0v) is 12.8. The first kappa shape index (κ1) is 21.7. The lowest BCUT2D eigenvalue weighted by molar-refractivity contribution is -0.142. The molecule has 0 heterocycles. The van der Waals surface area contributed by atoms with E-state index < -0.39 is 23.9 Å². The molecule has 0 amide bonds. The van der Waals surface area contributed by atoms with Gasteiger partial charge in [0.25, 0.3) is 0 Å². The average molecular weight is 316 g/mol. The van der Waals surface area contributed by atoms with Gasteiger partial charge in [-0.15, -0.1) is 0 Å².